The van der Waals surface area contributed by atoms with Gasteiger partial charge in [0.2, 0.25) is 0 Å². The zero-order valence-corrected chi connectivity index (χ0v) is 13.8. The number of amides is 1. The van der Waals surface area contributed by atoms with Crippen LogP contribution in [0, 0.1) is 0 Å². The molecule has 0 spiro atoms. The molecule has 120 valence electrons. The number of nitrogens with zero attached hydrogens (tertiary/aromatic N) is 1. The molecule has 0 bridgehead atoms. The number of hydrazine groups is 1. The van der Waals surface area contributed by atoms with Crippen LogP contribution in [0.25, 0.3) is 0 Å². The van der Waals surface area contributed by atoms with Crippen molar-refractivity contribution < 1.29 is 13.2 Å². The van der Waals surface area contributed by atoms with Gasteiger partial charge in [-0.05, 0) is 25.5 Å². The molecule has 0 saturated heterocycles. The van der Waals surface area contributed by atoms with E-state index in [0.29, 0.717) is 11.4 Å². The summed E-state index contributed by atoms with van der Waals surface area (Å²) in [5, 5.41) is 2.66. The predicted octanol–water partition coefficient (Wildman–Crippen LogP) is 0.950. The maximum Gasteiger partial charge on any atom is 0.265 e. The molecule has 0 aliphatic heterocycles. The van der Waals surface area contributed by atoms with Crippen molar-refractivity contribution in [3.05, 3.63) is 23.9 Å². The Kier molecular flexibility index (Phi) is 8.23. The summed E-state index contributed by atoms with van der Waals surface area (Å²) in [5.74, 6) is -0.183. The SMILES string of the molecule is CCC(C)NNC(=O)c1ccnc(NCS(C)(=O)=O)c1.Cl. The molecule has 1 aromatic rings. The monoisotopic (exact) mass is 336 g/mol. The Morgan fingerprint density at radius 1 is 1.43 bits per heavy atom. The average molecular weight is 337 g/mol. The van der Waals surface area contributed by atoms with Crippen LogP contribution in [-0.2, 0) is 9.84 Å². The molecule has 0 aliphatic carbocycles. The first-order valence-electron chi connectivity index (χ1n) is 6.25. The molecule has 0 aromatic carbocycles. The Morgan fingerprint density at radius 3 is 2.67 bits per heavy atom. The first kappa shape index (κ1) is 19.6. The van der Waals surface area contributed by atoms with Gasteiger partial charge in [-0.25, -0.2) is 18.8 Å². The van der Waals surface area contributed by atoms with Gasteiger partial charge in [0.25, 0.3) is 5.91 Å². The summed E-state index contributed by atoms with van der Waals surface area (Å²) >= 11 is 0. The van der Waals surface area contributed by atoms with Crippen molar-refractivity contribution in [2.75, 3.05) is 17.4 Å². The summed E-state index contributed by atoms with van der Waals surface area (Å²) in [6.07, 6.45) is 3.45. The highest BCUT2D eigenvalue weighted by Gasteiger charge is 2.08. The lowest BCUT2D eigenvalue weighted by atomic mass is 10.2. The highest BCUT2D eigenvalue weighted by atomic mass is 35.5. The lowest BCUT2D eigenvalue weighted by Crippen LogP contribution is -2.42. The van der Waals surface area contributed by atoms with E-state index in [0.717, 1.165) is 12.7 Å². The summed E-state index contributed by atoms with van der Waals surface area (Å²) in [6.45, 7) is 3.95. The van der Waals surface area contributed by atoms with Gasteiger partial charge in [0.05, 0.1) is 0 Å². The van der Waals surface area contributed by atoms with Crippen LogP contribution >= 0.6 is 12.4 Å². The van der Waals surface area contributed by atoms with Crippen molar-refractivity contribution in [3.8, 4) is 0 Å². The second-order valence-corrected chi connectivity index (χ2v) is 6.72. The molecule has 3 N–H and O–H groups in total. The number of pyridine rings is 1. The second kappa shape index (κ2) is 8.81. The highest BCUT2D eigenvalue weighted by Crippen LogP contribution is 2.06. The average Bonchev–Trinajstić information content (AvgIpc) is 2.41. The lowest BCUT2D eigenvalue weighted by molar-refractivity contribution is 0.0926. The number of carbonyl (C=O) groups is 1. The minimum Gasteiger partial charge on any atom is -0.356 e. The van der Waals surface area contributed by atoms with Crippen LogP contribution in [0.3, 0.4) is 0 Å². The number of nitrogens with one attached hydrogen (secondary N) is 3. The van der Waals surface area contributed by atoms with Crippen LogP contribution in [-0.4, -0.2) is 37.5 Å². The molecule has 0 fully saturated rings. The van der Waals surface area contributed by atoms with E-state index in [2.05, 4.69) is 21.2 Å². The molecule has 0 radical (unpaired) electrons. The third-order valence-electron chi connectivity index (χ3n) is 2.58. The zero-order valence-electron chi connectivity index (χ0n) is 12.2. The Hall–Kier alpha value is -1.38. The van der Waals surface area contributed by atoms with Crippen LogP contribution < -0.4 is 16.2 Å². The third kappa shape index (κ3) is 7.84. The predicted molar refractivity (Wildman–Crippen MR) is 85.2 cm³/mol. The van der Waals surface area contributed by atoms with Crippen LogP contribution in [0.2, 0.25) is 0 Å². The molecule has 1 aromatic heterocycles. The molecular formula is C12H21ClN4O3S. The standard InChI is InChI=1S/C12H20N4O3S.ClH/c1-4-9(2)15-16-12(17)10-5-6-13-11(7-10)14-8-20(3,18)19;/h5-7,9,15H,4,8H2,1-3H3,(H,13,14)(H,16,17);1H. The van der Waals surface area contributed by atoms with E-state index in [4.69, 9.17) is 0 Å². The molecular weight excluding hydrogens is 316 g/mol. The zero-order chi connectivity index (χ0) is 15.2. The van der Waals surface area contributed by atoms with Crippen LogP contribution in [0.15, 0.2) is 18.3 Å². The van der Waals surface area contributed by atoms with E-state index in [1.54, 1.807) is 6.07 Å². The molecule has 9 heteroatoms. The smallest absolute Gasteiger partial charge is 0.265 e. The molecule has 1 atom stereocenters. The van der Waals surface area contributed by atoms with E-state index < -0.39 is 9.84 Å². The van der Waals surface area contributed by atoms with Crippen molar-refractivity contribution in [1.82, 2.24) is 15.8 Å². The van der Waals surface area contributed by atoms with Crippen molar-refractivity contribution >= 4 is 34.0 Å². The van der Waals surface area contributed by atoms with Crippen LogP contribution in [0.1, 0.15) is 30.6 Å². The summed E-state index contributed by atoms with van der Waals surface area (Å²) in [7, 11) is -3.14. The summed E-state index contributed by atoms with van der Waals surface area (Å²) in [5.41, 5.74) is 5.85. The largest absolute Gasteiger partial charge is 0.356 e. The molecule has 0 saturated carbocycles. The van der Waals surface area contributed by atoms with Gasteiger partial charge >= 0.3 is 0 Å². The second-order valence-electron chi connectivity index (χ2n) is 4.58. The quantitative estimate of drug-likeness (QED) is 0.641. The Balaban J connectivity index is 0.00000400. The van der Waals surface area contributed by atoms with Gasteiger partial charge in [0, 0.05) is 24.1 Å². The van der Waals surface area contributed by atoms with Crippen LogP contribution in [0.4, 0.5) is 5.82 Å². The maximum atomic E-state index is 11.9. The normalized spacial score (nSPS) is 12.1. The number of hydrogen-bond acceptors (Lipinski definition) is 6. The van der Waals surface area contributed by atoms with Gasteiger partial charge < -0.3 is 5.32 Å². The van der Waals surface area contributed by atoms with Gasteiger partial charge in [-0.2, -0.15) is 0 Å². The van der Waals surface area contributed by atoms with E-state index in [1.165, 1.54) is 12.3 Å². The van der Waals surface area contributed by atoms with Gasteiger partial charge in [-0.15, -0.1) is 12.4 Å². The molecule has 1 amide bonds. The number of halogens is 1. The number of sulfone groups is 1. The van der Waals surface area contributed by atoms with E-state index in [-0.39, 0.29) is 30.2 Å². The minimum atomic E-state index is -3.14. The molecule has 21 heavy (non-hydrogen) atoms. The summed E-state index contributed by atoms with van der Waals surface area (Å²) in [6, 6.07) is 3.22. The fourth-order valence-corrected chi connectivity index (χ4v) is 1.65. The number of rotatable bonds is 7. The third-order valence-corrected chi connectivity index (χ3v) is 3.25. The maximum absolute atomic E-state index is 11.9. The van der Waals surface area contributed by atoms with Crippen molar-refractivity contribution in [2.45, 2.75) is 26.3 Å². The fraction of sp³-hybridized carbons (Fsp3) is 0.500. The first-order valence-corrected chi connectivity index (χ1v) is 8.31. The Labute approximate surface area is 131 Å². The van der Waals surface area contributed by atoms with Crippen molar-refractivity contribution in [3.63, 3.8) is 0 Å². The van der Waals surface area contributed by atoms with Gasteiger partial charge in [-0.3, -0.25) is 10.2 Å². The number of anilines is 1. The van der Waals surface area contributed by atoms with Gasteiger partial charge in [-0.1, -0.05) is 6.92 Å². The minimum absolute atomic E-state index is 0. The van der Waals surface area contributed by atoms with E-state index in [1.807, 2.05) is 13.8 Å². The van der Waals surface area contributed by atoms with E-state index >= 15 is 0 Å². The molecule has 1 unspecified atom stereocenters. The summed E-state index contributed by atoms with van der Waals surface area (Å²) < 4.78 is 22.1. The van der Waals surface area contributed by atoms with Crippen LogP contribution in [0.5, 0.6) is 0 Å². The number of carbonyl (C=O) groups excluding carboxylic acids is 1. The lowest BCUT2D eigenvalue weighted by Gasteiger charge is -2.13. The Morgan fingerprint density at radius 2 is 2.10 bits per heavy atom. The highest BCUT2D eigenvalue weighted by molar-refractivity contribution is 7.90. The molecule has 1 rings (SSSR count). The fourth-order valence-electron chi connectivity index (χ4n) is 1.24. The number of hydrogen-bond donors (Lipinski definition) is 3. The van der Waals surface area contributed by atoms with Crippen molar-refractivity contribution in [1.29, 1.82) is 0 Å². The van der Waals surface area contributed by atoms with E-state index in [9.17, 15) is 13.2 Å². The van der Waals surface area contributed by atoms with Gasteiger partial charge in [0.1, 0.15) is 11.7 Å². The molecule has 7 nitrogen and oxygen atoms in total. The molecule has 1 heterocycles. The van der Waals surface area contributed by atoms with Gasteiger partial charge in [0.15, 0.2) is 9.84 Å². The summed E-state index contributed by atoms with van der Waals surface area (Å²) in [4.78, 5) is 15.8. The Bertz CT molecular complexity index is 565. The van der Waals surface area contributed by atoms with Crippen molar-refractivity contribution in [2.24, 2.45) is 0 Å². The number of aromatic nitrogens is 1. The molecule has 0 aliphatic rings. The first-order chi connectivity index (χ1) is 9.31. The topological polar surface area (TPSA) is 100 Å².